The molecule has 0 radical (unpaired) electrons. The second kappa shape index (κ2) is 6.13. The highest BCUT2D eigenvalue weighted by molar-refractivity contribution is 6.31. The molecule has 1 N–H and O–H groups in total. The Kier molecular flexibility index (Phi) is 5.12. The van der Waals surface area contributed by atoms with Crippen molar-refractivity contribution in [3.8, 4) is 0 Å². The van der Waals surface area contributed by atoms with E-state index in [0.717, 1.165) is 43.1 Å². The highest BCUT2D eigenvalue weighted by atomic mass is 35.5. The molecule has 0 saturated carbocycles. The smallest absolute Gasteiger partial charge is 0.0849 e. The predicted octanol–water partition coefficient (Wildman–Crippen LogP) is 2.27. The van der Waals surface area contributed by atoms with Crippen LogP contribution < -0.4 is 5.32 Å². The first kappa shape index (κ1) is 12.5. The minimum absolute atomic E-state index is 0.871. The lowest BCUT2D eigenvalue weighted by molar-refractivity contribution is 0.597. The van der Waals surface area contributed by atoms with Crippen LogP contribution in [0.5, 0.6) is 0 Å². The summed E-state index contributed by atoms with van der Waals surface area (Å²) >= 11 is 6.28. The molecule has 4 heteroatoms. The Bertz CT molecular complexity index is 307. The summed E-state index contributed by atoms with van der Waals surface area (Å²) in [5.74, 6) is 0. The number of hydrogen-bond donors (Lipinski definition) is 1. The summed E-state index contributed by atoms with van der Waals surface area (Å²) in [5, 5.41) is 8.50. The van der Waals surface area contributed by atoms with Crippen LogP contribution in [0.4, 0.5) is 0 Å². The van der Waals surface area contributed by atoms with E-state index in [-0.39, 0.29) is 0 Å². The summed E-state index contributed by atoms with van der Waals surface area (Å²) in [7, 11) is 1.97. The van der Waals surface area contributed by atoms with E-state index in [9.17, 15) is 0 Å². The lowest BCUT2D eigenvalue weighted by atomic mass is 10.2. The molecule has 86 valence electrons. The van der Waals surface area contributed by atoms with Crippen molar-refractivity contribution in [2.45, 2.75) is 39.7 Å². The van der Waals surface area contributed by atoms with Gasteiger partial charge in [-0.2, -0.15) is 5.10 Å². The van der Waals surface area contributed by atoms with Crippen LogP contribution in [0.25, 0.3) is 0 Å². The van der Waals surface area contributed by atoms with Crippen LogP contribution in [-0.2, 0) is 19.4 Å². The third-order valence-electron chi connectivity index (χ3n) is 2.53. The first-order valence-corrected chi connectivity index (χ1v) is 6.01. The average molecular weight is 230 g/mol. The lowest BCUT2D eigenvalue weighted by Crippen LogP contribution is -2.10. The fourth-order valence-electron chi connectivity index (χ4n) is 1.69. The topological polar surface area (TPSA) is 29.9 Å². The number of hydrogen-bond acceptors (Lipinski definition) is 2. The van der Waals surface area contributed by atoms with Gasteiger partial charge in [0.2, 0.25) is 0 Å². The van der Waals surface area contributed by atoms with Gasteiger partial charge in [-0.3, -0.25) is 4.68 Å². The normalized spacial score (nSPS) is 10.9. The van der Waals surface area contributed by atoms with Crippen LogP contribution in [0.15, 0.2) is 0 Å². The standard InChI is InChI=1S/C11H20ClN3/c1-4-9-11(12)10(7-6-8-13-3)15(5-2)14-9/h13H,4-8H2,1-3H3. The fourth-order valence-corrected chi connectivity index (χ4v) is 2.05. The van der Waals surface area contributed by atoms with Crippen LogP contribution in [0, 0.1) is 0 Å². The molecule has 1 aromatic rings. The van der Waals surface area contributed by atoms with Gasteiger partial charge in [-0.25, -0.2) is 0 Å². The molecule has 1 heterocycles. The fraction of sp³-hybridized carbons (Fsp3) is 0.727. The second-order valence-electron chi connectivity index (χ2n) is 3.58. The molecule has 0 atom stereocenters. The first-order valence-electron chi connectivity index (χ1n) is 5.63. The highest BCUT2D eigenvalue weighted by Crippen LogP contribution is 2.22. The molecule has 0 aliphatic rings. The Hall–Kier alpha value is -0.540. The van der Waals surface area contributed by atoms with Crippen molar-refractivity contribution >= 4 is 11.6 Å². The summed E-state index contributed by atoms with van der Waals surface area (Å²) in [6, 6.07) is 0. The summed E-state index contributed by atoms with van der Waals surface area (Å²) in [5.41, 5.74) is 2.21. The van der Waals surface area contributed by atoms with E-state index < -0.39 is 0 Å². The van der Waals surface area contributed by atoms with Crippen LogP contribution in [0.2, 0.25) is 5.02 Å². The number of aromatic nitrogens is 2. The zero-order valence-electron chi connectivity index (χ0n) is 9.81. The monoisotopic (exact) mass is 229 g/mol. The average Bonchev–Trinajstić information content (AvgIpc) is 2.56. The minimum atomic E-state index is 0.871. The Balaban J connectivity index is 2.78. The second-order valence-corrected chi connectivity index (χ2v) is 3.96. The van der Waals surface area contributed by atoms with Gasteiger partial charge in [0.1, 0.15) is 0 Å². The van der Waals surface area contributed by atoms with Crippen molar-refractivity contribution < 1.29 is 0 Å². The van der Waals surface area contributed by atoms with Gasteiger partial charge in [-0.1, -0.05) is 18.5 Å². The molecule has 0 aliphatic heterocycles. The molecular weight excluding hydrogens is 210 g/mol. The molecule has 3 nitrogen and oxygen atoms in total. The SMILES string of the molecule is CCc1nn(CC)c(CCCNC)c1Cl. The van der Waals surface area contributed by atoms with E-state index in [4.69, 9.17) is 11.6 Å². The minimum Gasteiger partial charge on any atom is -0.320 e. The maximum absolute atomic E-state index is 6.28. The number of nitrogens with one attached hydrogen (secondary N) is 1. The van der Waals surface area contributed by atoms with Gasteiger partial charge >= 0.3 is 0 Å². The van der Waals surface area contributed by atoms with Crippen LogP contribution >= 0.6 is 11.6 Å². The molecule has 0 spiro atoms. The maximum Gasteiger partial charge on any atom is 0.0849 e. The summed E-state index contributed by atoms with van der Waals surface area (Å²) in [6.45, 7) is 6.11. The van der Waals surface area contributed by atoms with Crippen molar-refractivity contribution in [1.82, 2.24) is 15.1 Å². The van der Waals surface area contributed by atoms with Crippen molar-refractivity contribution in [1.29, 1.82) is 0 Å². The van der Waals surface area contributed by atoms with Gasteiger partial charge in [-0.15, -0.1) is 0 Å². The van der Waals surface area contributed by atoms with Gasteiger partial charge < -0.3 is 5.32 Å². The Morgan fingerprint density at radius 3 is 2.67 bits per heavy atom. The van der Waals surface area contributed by atoms with Crippen molar-refractivity contribution in [3.63, 3.8) is 0 Å². The third-order valence-corrected chi connectivity index (χ3v) is 2.97. The van der Waals surface area contributed by atoms with E-state index in [1.807, 2.05) is 11.7 Å². The van der Waals surface area contributed by atoms with Crippen molar-refractivity contribution in [3.05, 3.63) is 16.4 Å². The Morgan fingerprint density at radius 2 is 2.13 bits per heavy atom. The van der Waals surface area contributed by atoms with E-state index in [2.05, 4.69) is 24.3 Å². The van der Waals surface area contributed by atoms with Crippen LogP contribution in [0.3, 0.4) is 0 Å². The molecule has 0 amide bonds. The Labute approximate surface area is 96.8 Å². The molecule has 0 aromatic carbocycles. The molecule has 0 saturated heterocycles. The molecule has 0 aliphatic carbocycles. The first-order chi connectivity index (χ1) is 7.24. The van der Waals surface area contributed by atoms with Gasteiger partial charge in [0.25, 0.3) is 0 Å². The molecule has 0 bridgehead atoms. The van der Waals surface area contributed by atoms with Gasteiger partial charge in [-0.05, 0) is 39.8 Å². The van der Waals surface area contributed by atoms with Crippen LogP contribution in [-0.4, -0.2) is 23.4 Å². The van der Waals surface area contributed by atoms with Gasteiger partial charge in [0.15, 0.2) is 0 Å². The van der Waals surface area contributed by atoms with E-state index in [0.29, 0.717) is 0 Å². The van der Waals surface area contributed by atoms with Gasteiger partial charge in [0.05, 0.1) is 16.4 Å². The van der Waals surface area contributed by atoms with Crippen molar-refractivity contribution in [2.24, 2.45) is 0 Å². The molecular formula is C11H20ClN3. The highest BCUT2D eigenvalue weighted by Gasteiger charge is 2.13. The molecule has 1 rings (SSSR count). The zero-order chi connectivity index (χ0) is 11.3. The van der Waals surface area contributed by atoms with E-state index in [1.54, 1.807) is 0 Å². The number of rotatable bonds is 6. The molecule has 1 aromatic heterocycles. The molecule has 15 heavy (non-hydrogen) atoms. The quantitative estimate of drug-likeness (QED) is 0.759. The predicted molar refractivity (Wildman–Crippen MR) is 64.5 cm³/mol. The van der Waals surface area contributed by atoms with Crippen molar-refractivity contribution in [2.75, 3.05) is 13.6 Å². The third kappa shape index (κ3) is 2.95. The number of nitrogens with zero attached hydrogens (tertiary/aromatic N) is 2. The molecule has 0 unspecified atom stereocenters. The lowest BCUT2D eigenvalue weighted by Gasteiger charge is -2.04. The summed E-state index contributed by atoms with van der Waals surface area (Å²) < 4.78 is 2.02. The number of aryl methyl sites for hydroxylation is 2. The Morgan fingerprint density at radius 1 is 1.40 bits per heavy atom. The van der Waals surface area contributed by atoms with Crippen LogP contribution in [0.1, 0.15) is 31.7 Å². The summed E-state index contributed by atoms with van der Waals surface area (Å²) in [4.78, 5) is 0. The zero-order valence-corrected chi connectivity index (χ0v) is 10.6. The molecule has 0 fully saturated rings. The maximum atomic E-state index is 6.28. The van der Waals surface area contributed by atoms with E-state index >= 15 is 0 Å². The van der Waals surface area contributed by atoms with E-state index in [1.165, 1.54) is 5.69 Å². The largest absolute Gasteiger partial charge is 0.320 e. The van der Waals surface area contributed by atoms with Gasteiger partial charge in [0, 0.05) is 6.54 Å². The number of halogens is 1. The summed E-state index contributed by atoms with van der Waals surface area (Å²) in [6.07, 6.45) is 3.01.